The zero-order valence-corrected chi connectivity index (χ0v) is 21.9. The Kier molecular flexibility index (Phi) is 9.53. The van der Waals surface area contributed by atoms with Gasteiger partial charge in [-0.3, -0.25) is 0 Å². The van der Waals surface area contributed by atoms with Gasteiger partial charge in [-0.25, -0.2) is 13.2 Å². The van der Waals surface area contributed by atoms with Crippen molar-refractivity contribution in [3.05, 3.63) is 93.8 Å². The molecule has 1 saturated carbocycles. The molecule has 0 heterocycles. The summed E-state index contributed by atoms with van der Waals surface area (Å²) in [6.45, 7) is 2.23. The summed E-state index contributed by atoms with van der Waals surface area (Å²) < 4.78 is 43.3. The van der Waals surface area contributed by atoms with Gasteiger partial charge in [0.2, 0.25) is 0 Å². The van der Waals surface area contributed by atoms with E-state index < -0.39 is 17.5 Å². The first kappa shape index (κ1) is 26.8. The molecule has 1 fully saturated rings. The highest BCUT2D eigenvalue weighted by atomic mass is 35.5. The number of hydrogen-bond donors (Lipinski definition) is 0. The first-order chi connectivity index (χ1) is 17.4. The lowest BCUT2D eigenvalue weighted by molar-refractivity contribution is 0.253. The number of unbranched alkanes of at least 4 members (excludes halogenated alkanes) is 1. The predicted octanol–water partition coefficient (Wildman–Crippen LogP) is 10.1. The Morgan fingerprint density at radius 2 is 1.19 bits per heavy atom. The molecule has 4 heteroatoms. The third kappa shape index (κ3) is 7.16. The first-order valence-corrected chi connectivity index (χ1v) is 13.8. The van der Waals surface area contributed by atoms with Gasteiger partial charge in [-0.1, -0.05) is 81.0 Å². The molecule has 4 rings (SSSR count). The zero-order valence-electron chi connectivity index (χ0n) is 21.1. The van der Waals surface area contributed by atoms with E-state index in [1.165, 1.54) is 86.8 Å². The second-order valence-corrected chi connectivity index (χ2v) is 10.9. The summed E-state index contributed by atoms with van der Waals surface area (Å²) in [7, 11) is 0. The van der Waals surface area contributed by atoms with Crippen LogP contribution in [0, 0.1) is 29.3 Å². The lowest BCUT2D eigenvalue weighted by Gasteiger charge is -2.28. The van der Waals surface area contributed by atoms with E-state index in [0.29, 0.717) is 17.9 Å². The van der Waals surface area contributed by atoms with Gasteiger partial charge in [-0.05, 0) is 96.9 Å². The van der Waals surface area contributed by atoms with Gasteiger partial charge in [0.15, 0.2) is 0 Å². The van der Waals surface area contributed by atoms with Crippen LogP contribution in [-0.4, -0.2) is 0 Å². The highest BCUT2D eigenvalue weighted by Crippen LogP contribution is 2.35. The minimum atomic E-state index is -0.687. The maximum atomic E-state index is 14.8. The summed E-state index contributed by atoms with van der Waals surface area (Å²) >= 11 is 5.70. The van der Waals surface area contributed by atoms with Crippen LogP contribution >= 0.6 is 11.6 Å². The molecule has 0 amide bonds. The van der Waals surface area contributed by atoms with Gasteiger partial charge < -0.3 is 0 Å². The third-order valence-corrected chi connectivity index (χ3v) is 8.11. The molecule has 0 unspecified atom stereocenters. The van der Waals surface area contributed by atoms with Crippen molar-refractivity contribution in [2.45, 2.75) is 77.6 Å². The lowest BCUT2D eigenvalue weighted by Crippen LogP contribution is -2.16. The summed E-state index contributed by atoms with van der Waals surface area (Å²) in [4.78, 5) is 0. The van der Waals surface area contributed by atoms with Crippen LogP contribution in [0.4, 0.5) is 13.2 Å². The number of hydrogen-bond acceptors (Lipinski definition) is 0. The molecule has 36 heavy (non-hydrogen) atoms. The quantitative estimate of drug-likeness (QED) is 0.253. The average molecular weight is 513 g/mol. The summed E-state index contributed by atoms with van der Waals surface area (Å²) in [5.41, 5.74) is 3.49. The van der Waals surface area contributed by atoms with E-state index in [2.05, 4.69) is 31.2 Å². The van der Waals surface area contributed by atoms with Crippen LogP contribution in [0.5, 0.6) is 0 Å². The Morgan fingerprint density at radius 3 is 1.72 bits per heavy atom. The number of halogens is 4. The van der Waals surface area contributed by atoms with E-state index in [-0.39, 0.29) is 16.1 Å². The molecule has 0 bridgehead atoms. The van der Waals surface area contributed by atoms with E-state index in [9.17, 15) is 13.2 Å². The fraction of sp³-hybridized carbons (Fsp3) is 0.438. The minimum Gasteiger partial charge on any atom is -0.206 e. The molecular formula is C32H36ClF3. The SMILES string of the molecule is CCCCc1ccc(CCC2CCC(CCc3cc(F)c(-c4ccc(Cl)c(F)c4)c(F)c3)CC2)cc1. The molecular weight excluding hydrogens is 477 g/mol. The topological polar surface area (TPSA) is 0 Å². The van der Waals surface area contributed by atoms with E-state index in [0.717, 1.165) is 24.8 Å². The molecule has 0 radical (unpaired) electrons. The Labute approximate surface area is 218 Å². The van der Waals surface area contributed by atoms with E-state index >= 15 is 0 Å². The van der Waals surface area contributed by atoms with Crippen LogP contribution in [-0.2, 0) is 19.3 Å². The zero-order chi connectivity index (χ0) is 25.5. The average Bonchev–Trinajstić information content (AvgIpc) is 2.88. The van der Waals surface area contributed by atoms with Crippen molar-refractivity contribution in [3.63, 3.8) is 0 Å². The smallest absolute Gasteiger partial charge is 0.142 e. The fourth-order valence-corrected chi connectivity index (χ4v) is 5.62. The van der Waals surface area contributed by atoms with Crippen LogP contribution in [0.25, 0.3) is 11.1 Å². The minimum absolute atomic E-state index is 0.0673. The molecule has 1 aliphatic carbocycles. The summed E-state index contributed by atoms with van der Waals surface area (Å²) in [5, 5.41) is -0.0673. The molecule has 1 aliphatic rings. The maximum Gasteiger partial charge on any atom is 0.142 e. The molecule has 0 spiro atoms. The van der Waals surface area contributed by atoms with Crippen molar-refractivity contribution in [3.8, 4) is 11.1 Å². The van der Waals surface area contributed by atoms with Crippen molar-refractivity contribution in [1.29, 1.82) is 0 Å². The monoisotopic (exact) mass is 512 g/mol. The fourth-order valence-electron chi connectivity index (χ4n) is 5.50. The summed E-state index contributed by atoms with van der Waals surface area (Å²) in [6.07, 6.45) is 12.5. The first-order valence-electron chi connectivity index (χ1n) is 13.4. The van der Waals surface area contributed by atoms with E-state index in [4.69, 9.17) is 11.6 Å². The molecule has 0 N–H and O–H groups in total. The van der Waals surface area contributed by atoms with Crippen molar-refractivity contribution >= 4 is 11.6 Å². The predicted molar refractivity (Wildman–Crippen MR) is 144 cm³/mol. The highest BCUT2D eigenvalue weighted by molar-refractivity contribution is 6.30. The summed E-state index contributed by atoms with van der Waals surface area (Å²) in [5.74, 6) is -0.624. The van der Waals surface area contributed by atoms with Gasteiger partial charge in [0.1, 0.15) is 17.5 Å². The molecule has 0 saturated heterocycles. The molecule has 0 nitrogen and oxygen atoms in total. The summed E-state index contributed by atoms with van der Waals surface area (Å²) in [6, 6.07) is 15.8. The molecule has 0 aliphatic heterocycles. The second kappa shape index (κ2) is 12.8. The van der Waals surface area contributed by atoms with Crippen molar-refractivity contribution in [1.82, 2.24) is 0 Å². The van der Waals surface area contributed by atoms with Crippen LogP contribution in [0.3, 0.4) is 0 Å². The van der Waals surface area contributed by atoms with E-state index in [1.54, 1.807) is 0 Å². The second-order valence-electron chi connectivity index (χ2n) is 10.4. The lowest BCUT2D eigenvalue weighted by atomic mass is 9.77. The standard InChI is InChI=1S/C32H36ClF3/c1-2-3-4-22-5-7-23(8-6-22)9-10-24-11-13-25(14-12-24)15-16-26-19-30(35)32(31(36)20-26)27-17-18-28(33)29(34)21-27/h5-8,17-21,24-25H,2-4,9-16H2,1H3. The normalized spacial score (nSPS) is 17.9. The molecule has 0 aromatic heterocycles. The Hall–Kier alpha value is -2.26. The largest absolute Gasteiger partial charge is 0.206 e. The Balaban J connectivity index is 1.23. The molecule has 0 atom stereocenters. The van der Waals surface area contributed by atoms with Crippen LogP contribution in [0.2, 0.25) is 5.02 Å². The van der Waals surface area contributed by atoms with Crippen molar-refractivity contribution in [2.24, 2.45) is 11.8 Å². The number of benzene rings is 3. The molecule has 3 aromatic carbocycles. The highest BCUT2D eigenvalue weighted by Gasteiger charge is 2.22. The van der Waals surface area contributed by atoms with Crippen LogP contribution in [0.1, 0.15) is 75.0 Å². The maximum absolute atomic E-state index is 14.8. The van der Waals surface area contributed by atoms with Crippen molar-refractivity contribution < 1.29 is 13.2 Å². The van der Waals surface area contributed by atoms with Gasteiger partial charge in [0.05, 0.1) is 10.6 Å². The van der Waals surface area contributed by atoms with Gasteiger partial charge in [-0.15, -0.1) is 0 Å². The Morgan fingerprint density at radius 1 is 0.667 bits per heavy atom. The van der Waals surface area contributed by atoms with Crippen molar-refractivity contribution in [2.75, 3.05) is 0 Å². The number of rotatable bonds is 10. The van der Waals surface area contributed by atoms with E-state index in [1.807, 2.05) is 0 Å². The van der Waals surface area contributed by atoms with Crippen LogP contribution < -0.4 is 0 Å². The molecule has 192 valence electrons. The van der Waals surface area contributed by atoms with Gasteiger partial charge in [0.25, 0.3) is 0 Å². The third-order valence-electron chi connectivity index (χ3n) is 7.80. The van der Waals surface area contributed by atoms with Gasteiger partial charge in [-0.2, -0.15) is 0 Å². The number of aryl methyl sites for hydroxylation is 3. The van der Waals surface area contributed by atoms with Crippen LogP contribution in [0.15, 0.2) is 54.6 Å². The Bertz CT molecular complexity index is 1110. The molecule has 3 aromatic rings. The van der Waals surface area contributed by atoms with Gasteiger partial charge in [0, 0.05) is 0 Å². The van der Waals surface area contributed by atoms with Gasteiger partial charge >= 0.3 is 0 Å².